The van der Waals surface area contributed by atoms with Gasteiger partial charge in [-0.2, -0.15) is 0 Å². The van der Waals surface area contributed by atoms with Crippen molar-refractivity contribution in [2.45, 2.75) is 26.2 Å². The van der Waals surface area contributed by atoms with E-state index in [1.807, 2.05) is 0 Å². The number of rotatable bonds is 4. The molecule has 0 aliphatic carbocycles. The summed E-state index contributed by atoms with van der Waals surface area (Å²) in [6.45, 7) is 3.88. The second-order valence-corrected chi connectivity index (χ2v) is 6.22. The van der Waals surface area contributed by atoms with E-state index in [0.29, 0.717) is 5.00 Å². The van der Waals surface area contributed by atoms with E-state index in [1.54, 1.807) is 0 Å². The summed E-state index contributed by atoms with van der Waals surface area (Å²) in [6.07, 6.45) is 3.30. The predicted molar refractivity (Wildman–Crippen MR) is 83.8 cm³/mol. The van der Waals surface area contributed by atoms with Crippen LogP contribution < -0.4 is 16.4 Å². The number of amides is 1. The molecule has 2 rings (SSSR count). The predicted octanol–water partition coefficient (Wildman–Crippen LogP) is 1.84. The number of hydrogen-bond acceptors (Lipinski definition) is 6. The molecule has 21 heavy (non-hydrogen) atoms. The van der Waals surface area contributed by atoms with Gasteiger partial charge in [-0.25, -0.2) is 4.79 Å². The molecule has 7 heteroatoms. The van der Waals surface area contributed by atoms with Gasteiger partial charge in [-0.3, -0.25) is 4.79 Å². The lowest BCUT2D eigenvalue weighted by Gasteiger charge is -2.32. The molecule has 0 radical (unpaired) electrons. The minimum Gasteiger partial charge on any atom is -0.465 e. The van der Waals surface area contributed by atoms with Gasteiger partial charge >= 0.3 is 5.97 Å². The molecule has 4 N–H and O–H groups in total. The molecular formula is C14H21N3O3S. The van der Waals surface area contributed by atoms with E-state index >= 15 is 0 Å². The molecule has 1 aliphatic rings. The topological polar surface area (TPSA) is 98.6 Å². The van der Waals surface area contributed by atoms with Crippen LogP contribution in [0.2, 0.25) is 0 Å². The van der Waals surface area contributed by atoms with Crippen LogP contribution >= 0.6 is 11.3 Å². The van der Waals surface area contributed by atoms with E-state index in [9.17, 15) is 9.59 Å². The molecule has 6 nitrogen and oxygen atoms in total. The smallest absolute Gasteiger partial charge is 0.343 e. The van der Waals surface area contributed by atoms with E-state index in [1.165, 1.54) is 18.4 Å². The molecule has 0 unspecified atom stereocenters. The number of primary amides is 1. The highest BCUT2D eigenvalue weighted by atomic mass is 32.1. The minimum absolute atomic E-state index is 0.131. The van der Waals surface area contributed by atoms with E-state index in [-0.39, 0.29) is 16.1 Å². The zero-order valence-corrected chi connectivity index (χ0v) is 13.2. The molecule has 1 fully saturated rings. The van der Waals surface area contributed by atoms with Gasteiger partial charge in [0.2, 0.25) is 0 Å². The molecule has 116 valence electrons. The Bertz CT molecular complexity index is 548. The van der Waals surface area contributed by atoms with E-state index in [0.717, 1.165) is 38.3 Å². The largest absolute Gasteiger partial charge is 0.465 e. The van der Waals surface area contributed by atoms with Crippen LogP contribution in [0.15, 0.2) is 0 Å². The Labute approximate surface area is 128 Å². The molecule has 0 spiro atoms. The van der Waals surface area contributed by atoms with Crippen molar-refractivity contribution in [2.75, 3.05) is 30.8 Å². The fourth-order valence-corrected chi connectivity index (χ4v) is 3.79. The molecule has 1 saturated heterocycles. The number of carbonyl (C=O) groups excluding carboxylic acids is 2. The van der Waals surface area contributed by atoms with Crippen LogP contribution in [-0.4, -0.2) is 32.1 Å². The number of nitrogens with zero attached hydrogens (tertiary/aromatic N) is 1. The molecule has 1 aliphatic heterocycles. The summed E-state index contributed by atoms with van der Waals surface area (Å²) in [6, 6.07) is 0. The first-order valence-electron chi connectivity index (χ1n) is 7.04. The zero-order chi connectivity index (χ0) is 15.6. The summed E-state index contributed by atoms with van der Waals surface area (Å²) in [5.41, 5.74) is 11.7. The van der Waals surface area contributed by atoms with Gasteiger partial charge in [-0.15, -0.1) is 11.3 Å². The van der Waals surface area contributed by atoms with Crippen molar-refractivity contribution in [3.63, 3.8) is 0 Å². The van der Waals surface area contributed by atoms with Crippen LogP contribution in [0.4, 0.5) is 10.7 Å². The molecular weight excluding hydrogens is 290 g/mol. The fourth-order valence-electron chi connectivity index (χ4n) is 2.68. The summed E-state index contributed by atoms with van der Waals surface area (Å²) in [5, 5.41) is 0.697. The second kappa shape index (κ2) is 6.34. The van der Waals surface area contributed by atoms with Crippen molar-refractivity contribution in [3.8, 4) is 0 Å². The minimum atomic E-state index is -0.614. The maximum atomic E-state index is 12.0. The monoisotopic (exact) mass is 311 g/mol. The first kappa shape index (κ1) is 15.6. The van der Waals surface area contributed by atoms with E-state index in [2.05, 4.69) is 11.8 Å². The molecule has 0 bridgehead atoms. The highest BCUT2D eigenvalue weighted by Gasteiger charge is 2.30. The third kappa shape index (κ3) is 2.97. The lowest BCUT2D eigenvalue weighted by atomic mass is 9.94. The van der Waals surface area contributed by atoms with Crippen molar-refractivity contribution in [3.05, 3.63) is 10.4 Å². The molecule has 0 aromatic carbocycles. The maximum Gasteiger partial charge on any atom is 0.343 e. The SMILES string of the molecule is CCC1CCN(c2sc(C(N)=O)c(N)c2C(=O)OC)CC1. The fraction of sp³-hybridized carbons (Fsp3) is 0.571. The number of anilines is 2. The van der Waals surface area contributed by atoms with Crippen LogP contribution in [0, 0.1) is 5.92 Å². The average Bonchev–Trinajstić information content (AvgIpc) is 2.84. The van der Waals surface area contributed by atoms with Gasteiger partial charge in [0.1, 0.15) is 15.4 Å². The number of nitrogen functional groups attached to an aromatic ring is 1. The number of methoxy groups -OCH3 is 1. The number of piperidine rings is 1. The van der Waals surface area contributed by atoms with Gasteiger partial charge in [0, 0.05) is 13.1 Å². The quantitative estimate of drug-likeness (QED) is 0.827. The molecule has 1 aromatic heterocycles. The van der Waals surface area contributed by atoms with Gasteiger partial charge < -0.3 is 21.1 Å². The van der Waals surface area contributed by atoms with Gasteiger partial charge in [0.25, 0.3) is 5.91 Å². The molecule has 0 saturated carbocycles. The number of hydrogen-bond donors (Lipinski definition) is 2. The van der Waals surface area contributed by atoms with Crippen LogP contribution in [0.3, 0.4) is 0 Å². The van der Waals surface area contributed by atoms with Crippen molar-refractivity contribution in [1.29, 1.82) is 0 Å². The first-order chi connectivity index (χ1) is 9.99. The van der Waals surface area contributed by atoms with E-state index in [4.69, 9.17) is 16.2 Å². The Morgan fingerprint density at radius 3 is 2.48 bits per heavy atom. The Morgan fingerprint density at radius 1 is 1.38 bits per heavy atom. The Kier molecular flexibility index (Phi) is 4.72. The number of ether oxygens (including phenoxy) is 1. The highest BCUT2D eigenvalue weighted by Crippen LogP contribution is 2.40. The highest BCUT2D eigenvalue weighted by molar-refractivity contribution is 7.19. The third-order valence-electron chi connectivity index (χ3n) is 4.02. The maximum absolute atomic E-state index is 12.0. The van der Waals surface area contributed by atoms with Crippen LogP contribution in [0.25, 0.3) is 0 Å². The van der Waals surface area contributed by atoms with Crippen molar-refractivity contribution >= 4 is 33.9 Å². The normalized spacial score (nSPS) is 16.0. The van der Waals surface area contributed by atoms with Crippen molar-refractivity contribution in [1.82, 2.24) is 0 Å². The van der Waals surface area contributed by atoms with Crippen LogP contribution in [-0.2, 0) is 4.74 Å². The molecule has 2 heterocycles. The number of esters is 1. The lowest BCUT2D eigenvalue weighted by Crippen LogP contribution is -2.33. The summed E-state index contributed by atoms with van der Waals surface area (Å²) >= 11 is 1.18. The Balaban J connectivity index is 2.36. The van der Waals surface area contributed by atoms with Crippen LogP contribution in [0.5, 0.6) is 0 Å². The van der Waals surface area contributed by atoms with Gasteiger partial charge in [0.15, 0.2) is 0 Å². The summed E-state index contributed by atoms with van der Waals surface area (Å²) in [7, 11) is 1.30. The van der Waals surface area contributed by atoms with Gasteiger partial charge in [0.05, 0.1) is 12.8 Å². The Morgan fingerprint density at radius 2 is 2.00 bits per heavy atom. The number of carbonyl (C=O) groups is 2. The van der Waals surface area contributed by atoms with Crippen LogP contribution in [0.1, 0.15) is 46.2 Å². The first-order valence-corrected chi connectivity index (χ1v) is 7.86. The zero-order valence-electron chi connectivity index (χ0n) is 12.3. The van der Waals surface area contributed by atoms with Crippen molar-refractivity contribution in [2.24, 2.45) is 11.7 Å². The van der Waals surface area contributed by atoms with Crippen molar-refractivity contribution < 1.29 is 14.3 Å². The summed E-state index contributed by atoms with van der Waals surface area (Å²) in [4.78, 5) is 25.8. The second-order valence-electron chi connectivity index (χ2n) is 5.22. The van der Waals surface area contributed by atoms with Gasteiger partial charge in [-0.1, -0.05) is 13.3 Å². The molecule has 1 amide bonds. The Hall–Kier alpha value is -1.76. The molecule has 0 atom stereocenters. The lowest BCUT2D eigenvalue weighted by molar-refractivity contribution is 0.0603. The molecule has 1 aromatic rings. The van der Waals surface area contributed by atoms with E-state index < -0.39 is 11.9 Å². The number of nitrogens with two attached hydrogens (primary N) is 2. The summed E-state index contributed by atoms with van der Waals surface area (Å²) in [5.74, 6) is -0.419. The standard InChI is InChI=1S/C14H21N3O3S/c1-3-8-4-6-17(7-5-8)13-9(14(19)20-2)10(15)11(21-13)12(16)18/h8H,3-7,15H2,1-2H3,(H2,16,18). The number of thiophene rings is 1. The van der Waals surface area contributed by atoms with Gasteiger partial charge in [-0.05, 0) is 18.8 Å². The average molecular weight is 311 g/mol. The third-order valence-corrected chi connectivity index (χ3v) is 5.30. The summed E-state index contributed by atoms with van der Waals surface area (Å²) < 4.78 is 4.79.